The molecule has 0 spiro atoms. The molecule has 1 nitrogen and oxygen atoms in total. The normalized spacial score (nSPS) is 30.7. The van der Waals surface area contributed by atoms with Crippen LogP contribution in [0.4, 0.5) is 4.39 Å². The van der Waals surface area contributed by atoms with Gasteiger partial charge in [-0.05, 0) is 117 Å². The van der Waals surface area contributed by atoms with Crippen molar-refractivity contribution in [3.05, 3.63) is 34.6 Å². The molecule has 0 amide bonds. The number of halogens is 2. The number of hydrogen-bond donors (Lipinski definition) is 0. The summed E-state index contributed by atoms with van der Waals surface area (Å²) in [6.07, 6.45) is 20.7. The predicted molar refractivity (Wildman–Crippen MR) is 138 cm³/mol. The van der Waals surface area contributed by atoms with E-state index in [-0.39, 0.29) is 10.8 Å². The van der Waals surface area contributed by atoms with Gasteiger partial charge in [0, 0.05) is 0 Å². The first-order valence-electron chi connectivity index (χ1n) is 13.9. The Balaban J connectivity index is 1.28. The maximum Gasteiger partial charge on any atom is 0.184 e. The smallest absolute Gasteiger partial charge is 0.184 e. The van der Waals surface area contributed by atoms with Crippen molar-refractivity contribution in [2.24, 2.45) is 29.6 Å². The minimum Gasteiger partial charge on any atom is -0.490 e. The summed E-state index contributed by atoms with van der Waals surface area (Å²) >= 11 is 6.44. The van der Waals surface area contributed by atoms with Crippen molar-refractivity contribution >= 4 is 17.2 Å². The highest BCUT2D eigenvalue weighted by Gasteiger charge is 2.33. The van der Waals surface area contributed by atoms with Crippen molar-refractivity contribution in [2.45, 2.75) is 104 Å². The van der Waals surface area contributed by atoms with E-state index >= 15 is 0 Å². The fraction of sp³-hybridized carbons (Fsp3) is 0.733. The van der Waals surface area contributed by atoms with Gasteiger partial charge in [-0.3, -0.25) is 0 Å². The van der Waals surface area contributed by atoms with Crippen LogP contribution in [0.3, 0.4) is 0 Å². The molecule has 3 aliphatic rings. The summed E-state index contributed by atoms with van der Waals surface area (Å²) in [4.78, 5) is 0. The monoisotopic (exact) mass is 474 g/mol. The zero-order chi connectivity index (χ0) is 23.2. The average molecular weight is 475 g/mol. The molecule has 0 aliphatic heterocycles. The first-order chi connectivity index (χ1) is 16.1. The maximum atomic E-state index is 14.8. The van der Waals surface area contributed by atoms with E-state index in [4.69, 9.17) is 16.3 Å². The molecule has 0 saturated heterocycles. The zero-order valence-electron chi connectivity index (χ0n) is 20.9. The Kier molecular flexibility index (Phi) is 9.19. The molecule has 1 atom stereocenters. The molecule has 0 radical (unpaired) electrons. The topological polar surface area (TPSA) is 9.23 Å². The molecule has 33 heavy (non-hydrogen) atoms. The lowest BCUT2D eigenvalue weighted by Gasteiger charge is -2.40. The van der Waals surface area contributed by atoms with Gasteiger partial charge in [-0.2, -0.15) is 0 Å². The van der Waals surface area contributed by atoms with Crippen LogP contribution in [0.25, 0.3) is 5.57 Å². The molecule has 0 bridgehead atoms. The first kappa shape index (κ1) is 25.1. The van der Waals surface area contributed by atoms with Gasteiger partial charge in [0.15, 0.2) is 11.6 Å². The van der Waals surface area contributed by atoms with Crippen molar-refractivity contribution in [2.75, 3.05) is 6.61 Å². The van der Waals surface area contributed by atoms with Crippen molar-refractivity contribution in [1.82, 2.24) is 0 Å². The average Bonchev–Trinajstić information content (AvgIpc) is 2.87. The van der Waals surface area contributed by atoms with Crippen LogP contribution >= 0.6 is 11.6 Å². The molecule has 2 saturated carbocycles. The molecule has 4 rings (SSSR count). The van der Waals surface area contributed by atoms with Gasteiger partial charge in [-0.25, -0.2) is 4.39 Å². The first-order valence-corrected chi connectivity index (χ1v) is 14.3. The number of ether oxygens (including phenoxy) is 1. The highest BCUT2D eigenvalue weighted by Crippen LogP contribution is 2.46. The lowest BCUT2D eigenvalue weighted by Crippen LogP contribution is -2.28. The summed E-state index contributed by atoms with van der Waals surface area (Å²) in [5, 5.41) is 0.229. The Morgan fingerprint density at radius 1 is 0.879 bits per heavy atom. The molecule has 3 aliphatic carbocycles. The van der Waals surface area contributed by atoms with Crippen molar-refractivity contribution < 1.29 is 9.13 Å². The van der Waals surface area contributed by atoms with Crippen LogP contribution in [0, 0.1) is 35.4 Å². The zero-order valence-corrected chi connectivity index (χ0v) is 21.6. The predicted octanol–water partition coefficient (Wildman–Crippen LogP) is 9.86. The van der Waals surface area contributed by atoms with Crippen LogP contribution in [0.15, 0.2) is 18.2 Å². The molecular formula is C30H44ClFO. The van der Waals surface area contributed by atoms with E-state index in [0.717, 1.165) is 60.8 Å². The number of unbranched alkanes of at least 4 members (excludes halogenated alkanes) is 1. The van der Waals surface area contributed by atoms with Crippen LogP contribution in [-0.4, -0.2) is 6.61 Å². The maximum absolute atomic E-state index is 14.8. The number of hydrogen-bond acceptors (Lipinski definition) is 1. The van der Waals surface area contributed by atoms with Crippen LogP contribution in [-0.2, 0) is 0 Å². The highest BCUT2D eigenvalue weighted by atomic mass is 35.5. The molecular weight excluding hydrogens is 431 g/mol. The summed E-state index contributed by atoms with van der Waals surface area (Å²) in [5.41, 5.74) is 2.08. The van der Waals surface area contributed by atoms with Crippen LogP contribution in [0.2, 0.25) is 5.02 Å². The second-order valence-corrected chi connectivity index (χ2v) is 11.4. The number of rotatable bonds is 8. The van der Waals surface area contributed by atoms with Crippen LogP contribution < -0.4 is 4.74 Å². The van der Waals surface area contributed by atoms with Crippen molar-refractivity contribution in [3.63, 3.8) is 0 Å². The van der Waals surface area contributed by atoms with E-state index in [1.54, 1.807) is 6.07 Å². The van der Waals surface area contributed by atoms with Gasteiger partial charge in [-0.1, -0.05) is 57.2 Å². The lowest BCUT2D eigenvalue weighted by atomic mass is 9.65. The second-order valence-electron chi connectivity index (χ2n) is 11.1. The van der Waals surface area contributed by atoms with Gasteiger partial charge in [-0.15, -0.1) is 0 Å². The van der Waals surface area contributed by atoms with Crippen LogP contribution in [0.5, 0.6) is 5.75 Å². The molecule has 2 fully saturated rings. The Labute approximate surface area is 206 Å². The second kappa shape index (κ2) is 12.1. The van der Waals surface area contributed by atoms with Crippen LogP contribution in [0.1, 0.15) is 109 Å². The largest absolute Gasteiger partial charge is 0.490 e. The fourth-order valence-corrected chi connectivity index (χ4v) is 7.18. The highest BCUT2D eigenvalue weighted by molar-refractivity contribution is 6.32. The van der Waals surface area contributed by atoms with Crippen molar-refractivity contribution in [3.8, 4) is 5.75 Å². The third kappa shape index (κ3) is 6.16. The van der Waals surface area contributed by atoms with Gasteiger partial charge in [0.05, 0.1) is 11.6 Å². The quantitative estimate of drug-likeness (QED) is 0.340. The van der Waals surface area contributed by atoms with Gasteiger partial charge >= 0.3 is 0 Å². The molecule has 184 valence electrons. The SMILES string of the molecule is CCCCOc1ccc(C2=CCC(C3CCC(C4CCC(CC)CC4)CC3)CC2)c(Cl)c1F. The van der Waals surface area contributed by atoms with Gasteiger partial charge in [0.2, 0.25) is 0 Å². The van der Waals surface area contributed by atoms with E-state index in [1.165, 1.54) is 69.8 Å². The molecule has 1 aromatic carbocycles. The van der Waals surface area contributed by atoms with Crippen molar-refractivity contribution in [1.29, 1.82) is 0 Å². The standard InChI is InChI=1S/C30H44ClFO/c1-3-5-20-33-28-19-18-27(29(31)30(28)32)26-16-14-25(15-17-26)24-12-10-23(11-13-24)22-8-6-21(4-2)7-9-22/h16,18-19,21-25H,3-15,17,20H2,1-2H3. The summed E-state index contributed by atoms with van der Waals surface area (Å²) in [5.74, 6) is 4.57. The molecule has 0 N–H and O–H groups in total. The Hall–Kier alpha value is -1.02. The fourth-order valence-electron chi connectivity index (χ4n) is 6.90. The minimum absolute atomic E-state index is 0.229. The summed E-state index contributed by atoms with van der Waals surface area (Å²) in [7, 11) is 0. The summed E-state index contributed by atoms with van der Waals surface area (Å²) in [6, 6.07) is 3.71. The minimum atomic E-state index is -0.403. The van der Waals surface area contributed by atoms with Gasteiger partial charge < -0.3 is 4.74 Å². The molecule has 0 heterocycles. The summed E-state index contributed by atoms with van der Waals surface area (Å²) in [6.45, 7) is 5.00. The summed E-state index contributed by atoms with van der Waals surface area (Å²) < 4.78 is 20.3. The number of benzene rings is 1. The van der Waals surface area contributed by atoms with E-state index in [2.05, 4.69) is 19.9 Å². The molecule has 1 aromatic rings. The lowest BCUT2D eigenvalue weighted by molar-refractivity contribution is 0.122. The Bertz CT molecular complexity index is 787. The van der Waals surface area contributed by atoms with E-state index in [1.807, 2.05) is 6.07 Å². The third-order valence-corrected chi connectivity index (χ3v) is 9.59. The molecule has 0 aromatic heterocycles. The Morgan fingerprint density at radius 3 is 2.09 bits per heavy atom. The van der Waals surface area contributed by atoms with E-state index in [0.29, 0.717) is 6.61 Å². The van der Waals surface area contributed by atoms with Gasteiger partial charge in [0.25, 0.3) is 0 Å². The number of allylic oxidation sites excluding steroid dienone is 2. The van der Waals surface area contributed by atoms with E-state index < -0.39 is 5.82 Å². The molecule has 3 heteroatoms. The Morgan fingerprint density at radius 2 is 1.52 bits per heavy atom. The molecule has 1 unspecified atom stereocenters. The third-order valence-electron chi connectivity index (χ3n) is 9.22. The van der Waals surface area contributed by atoms with Gasteiger partial charge in [0.1, 0.15) is 0 Å². The van der Waals surface area contributed by atoms with E-state index in [9.17, 15) is 4.39 Å².